The van der Waals surface area contributed by atoms with Crippen LogP contribution in [-0.2, 0) is 10.5 Å². The molecule has 0 saturated carbocycles. The number of aryl methyl sites for hydroxylation is 4. The van der Waals surface area contributed by atoms with Crippen LogP contribution in [0.1, 0.15) is 28.3 Å². The first-order valence-electron chi connectivity index (χ1n) is 8.37. The lowest BCUT2D eigenvalue weighted by molar-refractivity contribution is -0.113. The van der Waals surface area contributed by atoms with E-state index in [0.29, 0.717) is 17.3 Å². The second-order valence-electron chi connectivity index (χ2n) is 6.26. The van der Waals surface area contributed by atoms with Crippen LogP contribution in [0.15, 0.2) is 34.9 Å². The lowest BCUT2D eigenvalue weighted by Gasteiger charge is -2.09. The van der Waals surface area contributed by atoms with Gasteiger partial charge in [-0.15, -0.1) is 11.8 Å². The van der Waals surface area contributed by atoms with Gasteiger partial charge in [0.25, 0.3) is 0 Å². The van der Waals surface area contributed by atoms with E-state index in [1.165, 1.54) is 17.3 Å². The Hall–Kier alpha value is -2.54. The SMILES string of the molecule is Cc1ccc(-n2nc(C)cc2NC(=O)CSCc2c(C)noc2C)cc1. The Labute approximate surface area is 157 Å². The van der Waals surface area contributed by atoms with E-state index in [9.17, 15) is 4.79 Å². The highest BCUT2D eigenvalue weighted by molar-refractivity contribution is 7.99. The van der Waals surface area contributed by atoms with Crippen molar-refractivity contribution in [1.29, 1.82) is 0 Å². The van der Waals surface area contributed by atoms with Crippen LogP contribution in [0.5, 0.6) is 0 Å². The van der Waals surface area contributed by atoms with Crippen molar-refractivity contribution in [2.24, 2.45) is 0 Å². The van der Waals surface area contributed by atoms with Gasteiger partial charge in [-0.2, -0.15) is 5.10 Å². The monoisotopic (exact) mass is 370 g/mol. The Kier molecular flexibility index (Phi) is 5.46. The maximum atomic E-state index is 12.3. The summed E-state index contributed by atoms with van der Waals surface area (Å²) in [6.07, 6.45) is 0. The zero-order chi connectivity index (χ0) is 18.7. The third-order valence-corrected chi connectivity index (χ3v) is 5.00. The summed E-state index contributed by atoms with van der Waals surface area (Å²) in [6, 6.07) is 9.90. The molecule has 0 unspecified atom stereocenters. The topological polar surface area (TPSA) is 73.0 Å². The number of benzene rings is 1. The lowest BCUT2D eigenvalue weighted by atomic mass is 10.2. The highest BCUT2D eigenvalue weighted by atomic mass is 32.2. The van der Waals surface area contributed by atoms with Crippen LogP contribution in [0, 0.1) is 27.7 Å². The van der Waals surface area contributed by atoms with Crippen LogP contribution in [0.4, 0.5) is 5.82 Å². The molecule has 3 rings (SSSR count). The van der Waals surface area contributed by atoms with Gasteiger partial charge < -0.3 is 9.84 Å². The minimum atomic E-state index is -0.0602. The van der Waals surface area contributed by atoms with E-state index in [1.807, 2.05) is 58.0 Å². The van der Waals surface area contributed by atoms with Gasteiger partial charge in [0.15, 0.2) is 0 Å². The number of aromatic nitrogens is 3. The number of hydrogen-bond donors (Lipinski definition) is 1. The summed E-state index contributed by atoms with van der Waals surface area (Å²) in [6.45, 7) is 7.75. The summed E-state index contributed by atoms with van der Waals surface area (Å²) in [5.74, 6) is 2.47. The molecular formula is C19H22N4O2S. The molecular weight excluding hydrogens is 348 g/mol. The van der Waals surface area contributed by atoms with Crippen molar-refractivity contribution in [2.45, 2.75) is 33.4 Å². The van der Waals surface area contributed by atoms with E-state index in [-0.39, 0.29) is 5.91 Å². The first kappa shape index (κ1) is 18.3. The van der Waals surface area contributed by atoms with Crippen LogP contribution < -0.4 is 5.32 Å². The van der Waals surface area contributed by atoms with Gasteiger partial charge in [0.1, 0.15) is 11.6 Å². The fourth-order valence-electron chi connectivity index (χ4n) is 2.60. The molecule has 0 saturated heterocycles. The molecule has 3 aromatic rings. The second-order valence-corrected chi connectivity index (χ2v) is 7.25. The number of carbonyl (C=O) groups excluding carboxylic acids is 1. The molecule has 0 fully saturated rings. The average Bonchev–Trinajstić information content (AvgIpc) is 3.12. The number of thioether (sulfide) groups is 1. The highest BCUT2D eigenvalue weighted by Crippen LogP contribution is 2.21. The van der Waals surface area contributed by atoms with Gasteiger partial charge in [0.2, 0.25) is 5.91 Å². The number of nitrogens with one attached hydrogen (secondary N) is 1. The minimum absolute atomic E-state index is 0.0602. The van der Waals surface area contributed by atoms with Crippen molar-refractivity contribution >= 4 is 23.5 Å². The maximum absolute atomic E-state index is 12.3. The fraction of sp³-hybridized carbons (Fsp3) is 0.316. The van der Waals surface area contributed by atoms with Gasteiger partial charge in [-0.3, -0.25) is 4.79 Å². The summed E-state index contributed by atoms with van der Waals surface area (Å²) in [5, 5.41) is 11.4. The summed E-state index contributed by atoms with van der Waals surface area (Å²) >= 11 is 1.54. The molecule has 0 aliphatic carbocycles. The predicted molar refractivity (Wildman–Crippen MR) is 104 cm³/mol. The van der Waals surface area contributed by atoms with Gasteiger partial charge in [-0.25, -0.2) is 4.68 Å². The standard InChI is InChI=1S/C19H22N4O2S/c1-12-5-7-16(8-6-12)23-18(9-13(2)21-23)20-19(24)11-26-10-17-14(3)22-25-15(17)4/h5-9H,10-11H2,1-4H3,(H,20,24). The Morgan fingerprint density at radius 2 is 1.92 bits per heavy atom. The van der Waals surface area contributed by atoms with Gasteiger partial charge in [0.05, 0.1) is 22.8 Å². The summed E-state index contributed by atoms with van der Waals surface area (Å²) < 4.78 is 6.90. The van der Waals surface area contributed by atoms with Gasteiger partial charge in [0, 0.05) is 17.4 Å². The molecule has 0 aliphatic rings. The first-order chi connectivity index (χ1) is 12.4. The van der Waals surface area contributed by atoms with Gasteiger partial charge >= 0.3 is 0 Å². The van der Waals surface area contributed by atoms with E-state index < -0.39 is 0 Å². The smallest absolute Gasteiger partial charge is 0.235 e. The van der Waals surface area contributed by atoms with E-state index in [4.69, 9.17) is 4.52 Å². The summed E-state index contributed by atoms with van der Waals surface area (Å²) in [7, 11) is 0. The van der Waals surface area contributed by atoms with E-state index in [2.05, 4.69) is 15.6 Å². The number of anilines is 1. The van der Waals surface area contributed by atoms with Crippen molar-refractivity contribution in [3.8, 4) is 5.69 Å². The highest BCUT2D eigenvalue weighted by Gasteiger charge is 2.13. The maximum Gasteiger partial charge on any atom is 0.235 e. The number of rotatable bonds is 6. The van der Waals surface area contributed by atoms with E-state index in [0.717, 1.165) is 28.4 Å². The van der Waals surface area contributed by atoms with Crippen LogP contribution in [0.25, 0.3) is 5.69 Å². The van der Waals surface area contributed by atoms with Crippen molar-refractivity contribution < 1.29 is 9.32 Å². The number of amides is 1. The molecule has 1 aromatic carbocycles. The molecule has 0 atom stereocenters. The third kappa shape index (κ3) is 4.16. The molecule has 0 bridgehead atoms. The van der Waals surface area contributed by atoms with Crippen LogP contribution in [0.3, 0.4) is 0 Å². The van der Waals surface area contributed by atoms with Gasteiger partial charge in [-0.05, 0) is 39.8 Å². The fourth-order valence-corrected chi connectivity index (χ4v) is 3.58. The van der Waals surface area contributed by atoms with Gasteiger partial charge in [-0.1, -0.05) is 22.9 Å². The zero-order valence-electron chi connectivity index (χ0n) is 15.4. The van der Waals surface area contributed by atoms with Crippen molar-refractivity contribution in [1.82, 2.24) is 14.9 Å². The van der Waals surface area contributed by atoms with Crippen molar-refractivity contribution in [3.05, 3.63) is 58.6 Å². The largest absolute Gasteiger partial charge is 0.361 e. The normalized spacial score (nSPS) is 10.9. The molecule has 6 nitrogen and oxygen atoms in total. The Balaban J connectivity index is 1.63. The Morgan fingerprint density at radius 3 is 2.58 bits per heavy atom. The minimum Gasteiger partial charge on any atom is -0.361 e. The Morgan fingerprint density at radius 1 is 1.19 bits per heavy atom. The molecule has 0 radical (unpaired) electrons. The Bertz CT molecular complexity index is 893. The molecule has 26 heavy (non-hydrogen) atoms. The third-order valence-electron chi connectivity index (χ3n) is 4.04. The first-order valence-corrected chi connectivity index (χ1v) is 9.52. The molecule has 2 heterocycles. The lowest BCUT2D eigenvalue weighted by Crippen LogP contribution is -2.17. The zero-order valence-corrected chi connectivity index (χ0v) is 16.2. The van der Waals surface area contributed by atoms with Crippen LogP contribution >= 0.6 is 11.8 Å². The molecule has 7 heteroatoms. The van der Waals surface area contributed by atoms with E-state index in [1.54, 1.807) is 4.68 Å². The van der Waals surface area contributed by atoms with Crippen LogP contribution in [-0.4, -0.2) is 26.6 Å². The number of carbonyl (C=O) groups is 1. The predicted octanol–water partition coefficient (Wildman–Crippen LogP) is 3.97. The van der Waals surface area contributed by atoms with Crippen molar-refractivity contribution in [3.63, 3.8) is 0 Å². The van der Waals surface area contributed by atoms with E-state index >= 15 is 0 Å². The molecule has 0 spiro atoms. The quantitative estimate of drug-likeness (QED) is 0.711. The summed E-state index contributed by atoms with van der Waals surface area (Å²) in [5.41, 5.74) is 4.89. The molecule has 136 valence electrons. The average molecular weight is 370 g/mol. The molecule has 1 N–H and O–H groups in total. The summed E-state index contributed by atoms with van der Waals surface area (Å²) in [4.78, 5) is 12.3. The molecule has 0 aliphatic heterocycles. The van der Waals surface area contributed by atoms with Crippen LogP contribution in [0.2, 0.25) is 0 Å². The second kappa shape index (κ2) is 7.78. The molecule has 1 amide bonds. The number of hydrogen-bond acceptors (Lipinski definition) is 5. The molecule has 2 aromatic heterocycles. The van der Waals surface area contributed by atoms with Crippen molar-refractivity contribution in [2.75, 3.05) is 11.1 Å². The number of nitrogens with zero attached hydrogens (tertiary/aromatic N) is 3.